The largest absolute Gasteiger partial charge is 0.496 e. The summed E-state index contributed by atoms with van der Waals surface area (Å²) in [5, 5.41) is 2.25. The third-order valence-electron chi connectivity index (χ3n) is 7.10. The fourth-order valence-electron chi connectivity index (χ4n) is 5.39. The third-order valence-corrected chi connectivity index (χ3v) is 8.00. The Kier molecular flexibility index (Phi) is 8.59. The number of amides is 3. The number of rotatable bonds is 9. The monoisotopic (exact) mass is 551 g/mol. The van der Waals surface area contributed by atoms with E-state index in [0.717, 1.165) is 47.3 Å². The van der Waals surface area contributed by atoms with Crippen molar-refractivity contribution in [2.45, 2.75) is 58.9 Å². The summed E-state index contributed by atoms with van der Waals surface area (Å²) in [6, 6.07) is 11.0. The number of anilines is 2. The lowest BCUT2D eigenvalue weighted by Crippen LogP contribution is -2.48. The number of benzene rings is 2. The zero-order valence-electron chi connectivity index (χ0n) is 23.5. The van der Waals surface area contributed by atoms with Gasteiger partial charge in [-0.1, -0.05) is 13.8 Å². The van der Waals surface area contributed by atoms with Gasteiger partial charge in [0.25, 0.3) is 11.1 Å². The fourth-order valence-corrected chi connectivity index (χ4v) is 6.22. The van der Waals surface area contributed by atoms with E-state index >= 15 is 0 Å². The molecular weight excluding hydrogens is 514 g/mol. The number of fused-ring (bicyclic) bond motifs is 1. The van der Waals surface area contributed by atoms with Crippen molar-refractivity contribution >= 4 is 46.3 Å². The zero-order chi connectivity index (χ0) is 28.3. The highest BCUT2D eigenvalue weighted by Gasteiger charge is 2.38. The molecule has 1 N–H and O–H groups in total. The van der Waals surface area contributed by atoms with Gasteiger partial charge in [0.15, 0.2) is 0 Å². The van der Waals surface area contributed by atoms with E-state index in [-0.39, 0.29) is 17.0 Å². The molecule has 2 heterocycles. The number of imide groups is 1. The topological polar surface area (TPSA) is 88.2 Å². The third kappa shape index (κ3) is 6.08. The highest BCUT2D eigenvalue weighted by atomic mass is 32.2. The van der Waals surface area contributed by atoms with Crippen LogP contribution < -0.4 is 19.7 Å². The van der Waals surface area contributed by atoms with Crippen LogP contribution in [0.25, 0.3) is 6.08 Å². The Morgan fingerprint density at radius 3 is 2.54 bits per heavy atom. The maximum absolute atomic E-state index is 13.2. The highest BCUT2D eigenvalue weighted by Crippen LogP contribution is 2.46. The predicted octanol–water partition coefficient (Wildman–Crippen LogP) is 6.27. The van der Waals surface area contributed by atoms with Gasteiger partial charge in [0, 0.05) is 35.1 Å². The van der Waals surface area contributed by atoms with Gasteiger partial charge in [-0.2, -0.15) is 0 Å². The van der Waals surface area contributed by atoms with E-state index < -0.39 is 17.1 Å². The second-order valence-corrected chi connectivity index (χ2v) is 11.5. The molecule has 0 spiro atoms. The Bertz CT molecular complexity index is 1290. The molecule has 1 atom stereocenters. The van der Waals surface area contributed by atoms with Gasteiger partial charge in [-0.05, 0) is 93.3 Å². The molecule has 2 aromatic rings. The molecule has 2 aromatic carbocycles. The normalized spacial score (nSPS) is 19.3. The number of hydrogen-bond donors (Lipinski definition) is 1. The first-order valence-electron chi connectivity index (χ1n) is 13.4. The van der Waals surface area contributed by atoms with Crippen molar-refractivity contribution in [1.29, 1.82) is 0 Å². The lowest BCUT2D eigenvalue weighted by Gasteiger charge is -2.47. The van der Waals surface area contributed by atoms with E-state index in [2.05, 4.69) is 44.0 Å². The number of thioether (sulfide) groups is 1. The van der Waals surface area contributed by atoms with Crippen molar-refractivity contribution in [3.63, 3.8) is 0 Å². The van der Waals surface area contributed by atoms with Crippen LogP contribution in [-0.4, -0.2) is 54.3 Å². The lowest BCUT2D eigenvalue weighted by molar-refractivity contribution is -0.127. The standard InChI is InChI=1S/C30H37N3O5S/c1-7-13-33-24-16-25(37-6)20(14-23(24)19(3)17-30(33,4)5)15-26-28(35)32(29(36)39-26)18-27(34)31-21-9-11-22(12-10-21)38-8-2/h9-12,14-16,19H,7-8,13,17-18H2,1-6H3,(H,31,34)/b26-15+. The molecule has 9 heteroatoms. The molecular formula is C30H37N3O5S. The Morgan fingerprint density at radius 1 is 1.18 bits per heavy atom. The summed E-state index contributed by atoms with van der Waals surface area (Å²) in [4.78, 5) is 42.2. The maximum atomic E-state index is 13.2. The minimum absolute atomic E-state index is 0.0174. The lowest BCUT2D eigenvalue weighted by atomic mass is 9.79. The molecule has 1 unspecified atom stereocenters. The van der Waals surface area contributed by atoms with Gasteiger partial charge in [-0.25, -0.2) is 0 Å². The molecule has 1 fully saturated rings. The minimum atomic E-state index is -0.492. The highest BCUT2D eigenvalue weighted by molar-refractivity contribution is 8.18. The van der Waals surface area contributed by atoms with Crippen LogP contribution in [0.1, 0.15) is 64.5 Å². The van der Waals surface area contributed by atoms with E-state index in [1.165, 1.54) is 5.56 Å². The summed E-state index contributed by atoms with van der Waals surface area (Å²) >= 11 is 0.834. The average Bonchev–Trinajstić information content (AvgIpc) is 3.14. The van der Waals surface area contributed by atoms with Crippen molar-refractivity contribution in [2.24, 2.45) is 0 Å². The van der Waals surface area contributed by atoms with Gasteiger partial charge in [-0.3, -0.25) is 19.3 Å². The van der Waals surface area contributed by atoms with Crippen LogP contribution in [0, 0.1) is 0 Å². The molecule has 8 nitrogen and oxygen atoms in total. The van der Waals surface area contributed by atoms with E-state index in [1.54, 1.807) is 37.5 Å². The van der Waals surface area contributed by atoms with Gasteiger partial charge < -0.3 is 19.7 Å². The Hall–Kier alpha value is -3.46. The molecule has 2 aliphatic heterocycles. The predicted molar refractivity (Wildman–Crippen MR) is 157 cm³/mol. The first-order chi connectivity index (χ1) is 18.6. The Labute approximate surface area is 234 Å². The molecule has 2 aliphatic rings. The van der Waals surface area contributed by atoms with Crippen LogP contribution in [0.5, 0.6) is 11.5 Å². The summed E-state index contributed by atoms with van der Waals surface area (Å²) in [5.74, 6) is 0.706. The molecule has 0 saturated carbocycles. The number of nitrogens with zero attached hydrogens (tertiary/aromatic N) is 2. The summed E-state index contributed by atoms with van der Waals surface area (Å²) < 4.78 is 11.1. The number of hydrogen-bond acceptors (Lipinski definition) is 7. The SMILES string of the molecule is CCCN1c2cc(OC)c(/C=C3/SC(=O)N(CC(=O)Nc4ccc(OCC)cc4)C3=O)cc2C(C)CC1(C)C. The molecule has 0 radical (unpaired) electrons. The summed E-state index contributed by atoms with van der Waals surface area (Å²) in [6.45, 7) is 11.9. The van der Waals surface area contributed by atoms with E-state index in [1.807, 2.05) is 13.0 Å². The van der Waals surface area contributed by atoms with Crippen molar-refractivity contribution < 1.29 is 23.9 Å². The van der Waals surface area contributed by atoms with E-state index in [0.29, 0.717) is 29.7 Å². The second kappa shape index (κ2) is 11.7. The van der Waals surface area contributed by atoms with E-state index in [4.69, 9.17) is 9.47 Å². The van der Waals surface area contributed by atoms with Crippen LogP contribution in [0.4, 0.5) is 16.2 Å². The first-order valence-corrected chi connectivity index (χ1v) is 14.2. The minimum Gasteiger partial charge on any atom is -0.496 e. The number of carbonyl (C=O) groups excluding carboxylic acids is 3. The molecule has 39 heavy (non-hydrogen) atoms. The van der Waals surface area contributed by atoms with Crippen LogP contribution >= 0.6 is 11.8 Å². The molecule has 0 bridgehead atoms. The molecule has 3 amide bonds. The Morgan fingerprint density at radius 2 is 1.90 bits per heavy atom. The fraction of sp³-hybridized carbons (Fsp3) is 0.433. The summed E-state index contributed by atoms with van der Waals surface area (Å²) in [5.41, 5.74) is 3.66. The maximum Gasteiger partial charge on any atom is 0.294 e. The summed E-state index contributed by atoms with van der Waals surface area (Å²) in [7, 11) is 1.61. The van der Waals surface area contributed by atoms with Crippen LogP contribution in [0.2, 0.25) is 0 Å². The summed E-state index contributed by atoms with van der Waals surface area (Å²) in [6.07, 6.45) is 3.73. The van der Waals surface area contributed by atoms with Crippen LogP contribution in [-0.2, 0) is 9.59 Å². The molecule has 4 rings (SSSR count). The number of nitrogens with one attached hydrogen (secondary N) is 1. The van der Waals surface area contributed by atoms with Crippen LogP contribution in [0.15, 0.2) is 41.3 Å². The first kappa shape index (κ1) is 28.5. The molecule has 0 aliphatic carbocycles. The average molecular weight is 552 g/mol. The van der Waals surface area contributed by atoms with Gasteiger partial charge in [0.05, 0.1) is 18.6 Å². The molecule has 208 valence electrons. The molecule has 0 aromatic heterocycles. The van der Waals surface area contributed by atoms with Gasteiger partial charge in [0.1, 0.15) is 18.0 Å². The number of methoxy groups -OCH3 is 1. The second-order valence-electron chi connectivity index (χ2n) is 10.5. The van der Waals surface area contributed by atoms with Crippen molar-refractivity contribution in [2.75, 3.05) is 37.0 Å². The van der Waals surface area contributed by atoms with Gasteiger partial charge in [-0.15, -0.1) is 0 Å². The van der Waals surface area contributed by atoms with Crippen molar-refractivity contribution in [1.82, 2.24) is 4.90 Å². The number of carbonyl (C=O) groups is 3. The Balaban J connectivity index is 1.54. The van der Waals surface area contributed by atoms with Gasteiger partial charge >= 0.3 is 0 Å². The number of ether oxygens (including phenoxy) is 2. The van der Waals surface area contributed by atoms with Crippen LogP contribution in [0.3, 0.4) is 0 Å². The quantitative estimate of drug-likeness (QED) is 0.368. The molecule has 1 saturated heterocycles. The van der Waals surface area contributed by atoms with Crippen molar-refractivity contribution in [3.05, 3.63) is 52.4 Å². The van der Waals surface area contributed by atoms with Gasteiger partial charge in [0.2, 0.25) is 5.91 Å². The smallest absolute Gasteiger partial charge is 0.294 e. The van der Waals surface area contributed by atoms with Crippen molar-refractivity contribution in [3.8, 4) is 11.5 Å². The zero-order valence-corrected chi connectivity index (χ0v) is 24.3. The van der Waals surface area contributed by atoms with E-state index in [9.17, 15) is 14.4 Å².